The minimum absolute atomic E-state index is 0.0291. The highest BCUT2D eigenvalue weighted by Crippen LogP contribution is 2.11. The van der Waals surface area contributed by atoms with Gasteiger partial charge in [-0.15, -0.1) is 0 Å². The third-order valence-electron chi connectivity index (χ3n) is 5.13. The number of amides is 3. The van der Waals surface area contributed by atoms with Gasteiger partial charge in [0.25, 0.3) is 0 Å². The van der Waals surface area contributed by atoms with E-state index in [4.69, 9.17) is 15.9 Å². The minimum atomic E-state index is -1.59. The van der Waals surface area contributed by atoms with Crippen LogP contribution < -0.4 is 21.7 Å². The van der Waals surface area contributed by atoms with Crippen LogP contribution >= 0.6 is 0 Å². The van der Waals surface area contributed by atoms with Gasteiger partial charge in [0.05, 0.1) is 12.5 Å². The summed E-state index contributed by atoms with van der Waals surface area (Å²) in [6.07, 6.45) is -0.859. The smallest absolute Gasteiger partial charge is 0.326 e. The zero-order valence-electron chi connectivity index (χ0n) is 19.9. The van der Waals surface area contributed by atoms with E-state index in [2.05, 4.69) is 16.0 Å². The summed E-state index contributed by atoms with van der Waals surface area (Å²) in [6, 6.07) is -5.26. The van der Waals surface area contributed by atoms with E-state index in [1.807, 2.05) is 0 Å². The zero-order valence-corrected chi connectivity index (χ0v) is 19.9. The van der Waals surface area contributed by atoms with E-state index in [9.17, 15) is 33.9 Å². The van der Waals surface area contributed by atoms with Crippen LogP contribution in [0.4, 0.5) is 0 Å². The van der Waals surface area contributed by atoms with Crippen LogP contribution in [-0.4, -0.2) is 75.1 Å². The molecule has 0 radical (unpaired) electrons. The maximum atomic E-state index is 12.8. The first-order valence-electron chi connectivity index (χ1n) is 11.0. The molecule has 0 aromatic carbocycles. The van der Waals surface area contributed by atoms with Gasteiger partial charge in [0.1, 0.15) is 18.1 Å². The van der Waals surface area contributed by atoms with E-state index in [1.165, 1.54) is 0 Å². The van der Waals surface area contributed by atoms with E-state index in [0.717, 1.165) is 0 Å². The van der Waals surface area contributed by atoms with Gasteiger partial charge in [-0.3, -0.25) is 24.0 Å². The third kappa shape index (κ3) is 11.6. The Labute approximate surface area is 197 Å². The normalized spacial score (nSPS) is 15.4. The summed E-state index contributed by atoms with van der Waals surface area (Å²) < 4.78 is 0. The first-order valence-corrected chi connectivity index (χ1v) is 11.0. The molecule has 34 heavy (non-hydrogen) atoms. The summed E-state index contributed by atoms with van der Waals surface area (Å²) in [5.41, 5.74) is 5.61. The van der Waals surface area contributed by atoms with Gasteiger partial charge in [-0.2, -0.15) is 0 Å². The molecule has 3 amide bonds. The SMILES string of the molecule is CCC(C)C(NC(=O)C(CC(=O)O)NC(=O)C(N)CCC(=O)O)C(=O)NC(CC(C)C)C(=O)O. The molecular formula is C21H36N4O9. The molecule has 8 N–H and O–H groups in total. The van der Waals surface area contributed by atoms with Gasteiger partial charge >= 0.3 is 17.9 Å². The third-order valence-corrected chi connectivity index (χ3v) is 5.13. The van der Waals surface area contributed by atoms with E-state index in [-0.39, 0.29) is 18.8 Å². The summed E-state index contributed by atoms with van der Waals surface area (Å²) >= 11 is 0. The Morgan fingerprint density at radius 3 is 1.79 bits per heavy atom. The van der Waals surface area contributed by atoms with Crippen LogP contribution in [0.15, 0.2) is 0 Å². The molecule has 0 aliphatic heterocycles. The van der Waals surface area contributed by atoms with Crippen LogP contribution in [0.5, 0.6) is 0 Å². The van der Waals surface area contributed by atoms with Gasteiger partial charge in [-0.05, 0) is 24.7 Å². The highest BCUT2D eigenvalue weighted by atomic mass is 16.4. The summed E-state index contributed by atoms with van der Waals surface area (Å²) in [5.74, 6) is -6.95. The van der Waals surface area contributed by atoms with Gasteiger partial charge in [0.15, 0.2) is 0 Å². The predicted octanol–water partition coefficient (Wildman–Crippen LogP) is -0.716. The highest BCUT2D eigenvalue weighted by Gasteiger charge is 2.33. The molecule has 5 atom stereocenters. The number of nitrogens with one attached hydrogen (secondary N) is 3. The number of nitrogens with two attached hydrogens (primary N) is 1. The molecule has 0 saturated carbocycles. The standard InChI is InChI=1S/C21H36N4O9/c1-5-11(4)17(20(32)24-14(21(33)34)8-10(2)3)25-19(31)13(9-16(28)29)23-18(30)12(22)6-7-15(26)27/h10-14,17H,5-9,22H2,1-4H3,(H,23,30)(H,24,32)(H,25,31)(H,26,27)(H,28,29)(H,33,34). The van der Waals surface area contributed by atoms with Crippen molar-refractivity contribution in [2.45, 2.75) is 84.0 Å². The van der Waals surface area contributed by atoms with Gasteiger partial charge in [-0.1, -0.05) is 34.1 Å². The van der Waals surface area contributed by atoms with Gasteiger partial charge in [-0.25, -0.2) is 4.79 Å². The number of carbonyl (C=O) groups is 6. The van der Waals surface area contributed by atoms with Gasteiger partial charge in [0.2, 0.25) is 17.7 Å². The molecule has 0 aliphatic carbocycles. The average Bonchev–Trinajstić information content (AvgIpc) is 2.72. The van der Waals surface area contributed by atoms with Crippen LogP contribution in [0.1, 0.15) is 59.8 Å². The fourth-order valence-corrected chi connectivity index (χ4v) is 2.98. The maximum Gasteiger partial charge on any atom is 0.326 e. The van der Waals surface area contributed by atoms with Crippen LogP contribution in [0.3, 0.4) is 0 Å². The molecule has 0 saturated heterocycles. The second kappa shape index (κ2) is 14.8. The van der Waals surface area contributed by atoms with Crippen molar-refractivity contribution in [3.63, 3.8) is 0 Å². The Kier molecular flexibility index (Phi) is 13.4. The average molecular weight is 489 g/mol. The van der Waals surface area contributed by atoms with Crippen molar-refractivity contribution < 1.29 is 44.1 Å². The molecule has 194 valence electrons. The number of carbonyl (C=O) groups excluding carboxylic acids is 3. The summed E-state index contributed by atoms with van der Waals surface area (Å²) in [7, 11) is 0. The monoisotopic (exact) mass is 488 g/mol. The Bertz CT molecular complexity index is 757. The van der Waals surface area contributed by atoms with Crippen molar-refractivity contribution in [2.75, 3.05) is 0 Å². The first-order chi connectivity index (χ1) is 15.7. The van der Waals surface area contributed by atoms with E-state index >= 15 is 0 Å². The van der Waals surface area contributed by atoms with Crippen molar-refractivity contribution in [2.24, 2.45) is 17.6 Å². The van der Waals surface area contributed by atoms with Crippen LogP contribution in [0.25, 0.3) is 0 Å². The second-order valence-electron chi connectivity index (χ2n) is 8.60. The molecule has 0 heterocycles. The molecular weight excluding hydrogens is 452 g/mol. The Hall–Kier alpha value is -3.22. The Morgan fingerprint density at radius 2 is 1.35 bits per heavy atom. The number of rotatable bonds is 16. The van der Waals surface area contributed by atoms with E-state index in [0.29, 0.717) is 6.42 Å². The number of hydrogen-bond acceptors (Lipinski definition) is 7. The van der Waals surface area contributed by atoms with Crippen molar-refractivity contribution in [1.29, 1.82) is 0 Å². The molecule has 0 aromatic heterocycles. The number of carboxylic acid groups (broad SMARTS) is 3. The lowest BCUT2D eigenvalue weighted by atomic mass is 9.96. The molecule has 13 nitrogen and oxygen atoms in total. The molecule has 0 aliphatic rings. The van der Waals surface area contributed by atoms with E-state index in [1.54, 1.807) is 27.7 Å². The van der Waals surface area contributed by atoms with Crippen molar-refractivity contribution >= 4 is 35.6 Å². The van der Waals surface area contributed by atoms with Crippen molar-refractivity contribution in [1.82, 2.24) is 16.0 Å². The number of carboxylic acids is 3. The Morgan fingerprint density at radius 1 is 0.794 bits per heavy atom. The summed E-state index contributed by atoms with van der Waals surface area (Å²) in [4.78, 5) is 71.3. The first kappa shape index (κ1) is 30.8. The lowest BCUT2D eigenvalue weighted by Crippen LogP contribution is -2.59. The minimum Gasteiger partial charge on any atom is -0.481 e. The largest absolute Gasteiger partial charge is 0.481 e. The maximum absolute atomic E-state index is 12.8. The summed E-state index contributed by atoms with van der Waals surface area (Å²) in [6.45, 7) is 6.97. The predicted molar refractivity (Wildman–Crippen MR) is 119 cm³/mol. The number of aliphatic carboxylic acids is 3. The van der Waals surface area contributed by atoms with Crippen LogP contribution in [0, 0.1) is 11.8 Å². The summed E-state index contributed by atoms with van der Waals surface area (Å²) in [5, 5.41) is 34.2. The molecule has 0 spiro atoms. The van der Waals surface area contributed by atoms with Crippen LogP contribution in [-0.2, 0) is 28.8 Å². The lowest BCUT2D eigenvalue weighted by Gasteiger charge is -2.28. The fourth-order valence-electron chi connectivity index (χ4n) is 2.98. The molecule has 0 bridgehead atoms. The topological polar surface area (TPSA) is 225 Å². The molecule has 0 fully saturated rings. The van der Waals surface area contributed by atoms with Gasteiger partial charge in [0, 0.05) is 6.42 Å². The fraction of sp³-hybridized carbons (Fsp3) is 0.714. The molecule has 13 heteroatoms. The number of hydrogen-bond donors (Lipinski definition) is 7. The highest BCUT2D eigenvalue weighted by molar-refractivity contribution is 5.95. The van der Waals surface area contributed by atoms with Gasteiger partial charge < -0.3 is 37.0 Å². The molecule has 5 unspecified atom stereocenters. The van der Waals surface area contributed by atoms with Crippen LogP contribution in [0.2, 0.25) is 0 Å². The molecule has 0 rings (SSSR count). The van der Waals surface area contributed by atoms with Crippen molar-refractivity contribution in [3.8, 4) is 0 Å². The Balaban J connectivity index is 5.55. The van der Waals surface area contributed by atoms with Crippen molar-refractivity contribution in [3.05, 3.63) is 0 Å². The van der Waals surface area contributed by atoms with E-state index < -0.39 is 78.6 Å². The quantitative estimate of drug-likeness (QED) is 0.144. The molecule has 0 aromatic rings. The second-order valence-corrected chi connectivity index (χ2v) is 8.60. The zero-order chi connectivity index (χ0) is 26.6. The lowest BCUT2D eigenvalue weighted by molar-refractivity contribution is -0.144.